The van der Waals surface area contributed by atoms with Crippen molar-refractivity contribution < 1.29 is 9.47 Å². The zero-order valence-corrected chi connectivity index (χ0v) is 12.0. The molecule has 1 saturated heterocycles. The first-order valence-electron chi connectivity index (χ1n) is 6.69. The lowest BCUT2D eigenvalue weighted by Gasteiger charge is -2.32. The number of hydrogen-bond acceptors (Lipinski definition) is 5. The summed E-state index contributed by atoms with van der Waals surface area (Å²) in [7, 11) is 2.18. The Hall–Kier alpha value is -0.910. The van der Waals surface area contributed by atoms with Crippen LogP contribution in [-0.4, -0.2) is 42.8 Å². The standard InChI is InChI=1S/C14H20N2O2S/c1-16(11-4-5-19-8-11)12(7-15)10-2-3-13-14(6-10)18-9-17-13/h2-3,6,11-12H,4-5,7-9,15H2,1H3. The Morgan fingerprint density at radius 2 is 2.26 bits per heavy atom. The van der Waals surface area contributed by atoms with E-state index in [-0.39, 0.29) is 6.04 Å². The number of thioether (sulfide) groups is 1. The monoisotopic (exact) mass is 280 g/mol. The van der Waals surface area contributed by atoms with Crippen LogP contribution in [0.1, 0.15) is 18.0 Å². The molecule has 0 bridgehead atoms. The molecule has 0 amide bonds. The lowest BCUT2D eigenvalue weighted by atomic mass is 10.0. The van der Waals surface area contributed by atoms with Crippen LogP contribution < -0.4 is 15.2 Å². The smallest absolute Gasteiger partial charge is 0.231 e. The highest BCUT2D eigenvalue weighted by atomic mass is 32.2. The molecule has 19 heavy (non-hydrogen) atoms. The van der Waals surface area contributed by atoms with Crippen LogP contribution in [0.5, 0.6) is 11.5 Å². The van der Waals surface area contributed by atoms with E-state index in [2.05, 4.69) is 24.1 Å². The average Bonchev–Trinajstić information content (AvgIpc) is 3.10. The summed E-state index contributed by atoms with van der Waals surface area (Å²) >= 11 is 2.03. The number of hydrogen-bond donors (Lipinski definition) is 1. The van der Waals surface area contributed by atoms with Crippen molar-refractivity contribution in [3.05, 3.63) is 23.8 Å². The van der Waals surface area contributed by atoms with Crippen LogP contribution >= 0.6 is 11.8 Å². The highest BCUT2D eigenvalue weighted by molar-refractivity contribution is 7.99. The molecule has 2 aliphatic heterocycles. The fourth-order valence-electron chi connectivity index (χ4n) is 2.76. The fourth-order valence-corrected chi connectivity index (χ4v) is 4.03. The van der Waals surface area contributed by atoms with Gasteiger partial charge in [-0.25, -0.2) is 0 Å². The molecule has 1 fully saturated rings. The number of nitrogens with two attached hydrogens (primary N) is 1. The first-order valence-corrected chi connectivity index (χ1v) is 7.84. The maximum absolute atomic E-state index is 6.00. The second-order valence-corrected chi connectivity index (χ2v) is 6.20. The predicted molar refractivity (Wildman–Crippen MR) is 77.9 cm³/mol. The normalized spacial score (nSPS) is 23.0. The van der Waals surface area contributed by atoms with Gasteiger partial charge in [-0.3, -0.25) is 4.90 Å². The van der Waals surface area contributed by atoms with Gasteiger partial charge in [-0.05, 0) is 36.9 Å². The fraction of sp³-hybridized carbons (Fsp3) is 0.571. The first kappa shape index (κ1) is 13.1. The van der Waals surface area contributed by atoms with Crippen molar-refractivity contribution in [2.45, 2.75) is 18.5 Å². The van der Waals surface area contributed by atoms with Crippen molar-refractivity contribution in [2.75, 3.05) is 31.9 Å². The Kier molecular flexibility index (Phi) is 3.86. The summed E-state index contributed by atoms with van der Waals surface area (Å²) in [6.07, 6.45) is 1.25. The van der Waals surface area contributed by atoms with Crippen LogP contribution in [0.25, 0.3) is 0 Å². The molecule has 0 aromatic heterocycles. The van der Waals surface area contributed by atoms with Crippen LogP contribution in [0.3, 0.4) is 0 Å². The van der Waals surface area contributed by atoms with E-state index in [0.29, 0.717) is 19.4 Å². The zero-order valence-electron chi connectivity index (χ0n) is 11.2. The van der Waals surface area contributed by atoms with E-state index < -0.39 is 0 Å². The number of likely N-dealkylation sites (N-methyl/N-ethyl adjacent to an activating group) is 1. The summed E-state index contributed by atoms with van der Waals surface area (Å²) in [5.74, 6) is 4.13. The van der Waals surface area contributed by atoms with E-state index in [4.69, 9.17) is 15.2 Å². The summed E-state index contributed by atoms with van der Waals surface area (Å²) in [5.41, 5.74) is 7.21. The van der Waals surface area contributed by atoms with Crippen molar-refractivity contribution in [1.29, 1.82) is 0 Å². The lowest BCUT2D eigenvalue weighted by molar-refractivity contribution is 0.173. The van der Waals surface area contributed by atoms with Crippen LogP contribution in [0.15, 0.2) is 18.2 Å². The van der Waals surface area contributed by atoms with E-state index in [1.54, 1.807) is 0 Å². The van der Waals surface area contributed by atoms with Gasteiger partial charge in [0.25, 0.3) is 0 Å². The van der Waals surface area contributed by atoms with Gasteiger partial charge in [0.15, 0.2) is 11.5 Å². The number of fused-ring (bicyclic) bond motifs is 1. The van der Waals surface area contributed by atoms with Crippen molar-refractivity contribution in [3.8, 4) is 11.5 Å². The Balaban J connectivity index is 1.81. The van der Waals surface area contributed by atoms with Gasteiger partial charge in [-0.15, -0.1) is 0 Å². The van der Waals surface area contributed by atoms with E-state index >= 15 is 0 Å². The van der Waals surface area contributed by atoms with Crippen molar-refractivity contribution >= 4 is 11.8 Å². The second-order valence-electron chi connectivity index (χ2n) is 5.05. The Morgan fingerprint density at radius 1 is 1.42 bits per heavy atom. The predicted octanol–water partition coefficient (Wildman–Crippen LogP) is 1.85. The summed E-state index contributed by atoms with van der Waals surface area (Å²) < 4.78 is 10.8. The molecule has 2 heterocycles. The van der Waals surface area contributed by atoms with Crippen molar-refractivity contribution in [3.63, 3.8) is 0 Å². The Bertz CT molecular complexity index is 449. The molecular weight excluding hydrogens is 260 g/mol. The molecule has 0 radical (unpaired) electrons. The highest BCUT2D eigenvalue weighted by Gasteiger charge is 2.27. The van der Waals surface area contributed by atoms with Gasteiger partial charge < -0.3 is 15.2 Å². The maximum atomic E-state index is 6.00. The van der Waals surface area contributed by atoms with Crippen molar-refractivity contribution in [2.24, 2.45) is 5.73 Å². The third kappa shape index (κ3) is 2.55. The average molecular weight is 280 g/mol. The zero-order chi connectivity index (χ0) is 13.2. The third-order valence-corrected chi connectivity index (χ3v) is 5.12. The highest BCUT2D eigenvalue weighted by Crippen LogP contribution is 2.36. The molecule has 3 rings (SSSR count). The third-order valence-electron chi connectivity index (χ3n) is 3.98. The molecule has 0 spiro atoms. The minimum absolute atomic E-state index is 0.248. The van der Waals surface area contributed by atoms with Crippen LogP contribution in [-0.2, 0) is 0 Å². The van der Waals surface area contributed by atoms with Gasteiger partial charge >= 0.3 is 0 Å². The minimum Gasteiger partial charge on any atom is -0.454 e. The quantitative estimate of drug-likeness (QED) is 0.912. The molecule has 104 valence electrons. The van der Waals surface area contributed by atoms with E-state index in [1.807, 2.05) is 17.8 Å². The first-order chi connectivity index (χ1) is 9.29. The van der Waals surface area contributed by atoms with Gasteiger partial charge in [0, 0.05) is 24.4 Å². The molecule has 1 aromatic rings. The number of rotatable bonds is 4. The van der Waals surface area contributed by atoms with E-state index in [9.17, 15) is 0 Å². The number of nitrogens with zero attached hydrogens (tertiary/aromatic N) is 1. The van der Waals surface area contributed by atoms with Gasteiger partial charge in [0.2, 0.25) is 6.79 Å². The van der Waals surface area contributed by atoms with E-state index in [0.717, 1.165) is 11.5 Å². The molecule has 0 aliphatic carbocycles. The SMILES string of the molecule is CN(C1CCSC1)C(CN)c1ccc2c(c1)OCO2. The summed E-state index contributed by atoms with van der Waals surface area (Å²) in [4.78, 5) is 2.41. The molecule has 2 N–H and O–H groups in total. The largest absolute Gasteiger partial charge is 0.454 e. The molecule has 2 unspecified atom stereocenters. The molecular formula is C14H20N2O2S. The number of ether oxygens (including phenoxy) is 2. The van der Waals surface area contributed by atoms with Gasteiger partial charge in [-0.1, -0.05) is 6.07 Å². The maximum Gasteiger partial charge on any atom is 0.231 e. The lowest BCUT2D eigenvalue weighted by Crippen LogP contribution is -2.38. The van der Waals surface area contributed by atoms with Crippen molar-refractivity contribution in [1.82, 2.24) is 4.90 Å². The molecule has 2 aliphatic rings. The summed E-state index contributed by atoms with van der Waals surface area (Å²) in [5, 5.41) is 0. The second kappa shape index (κ2) is 5.61. The minimum atomic E-state index is 0.248. The van der Waals surface area contributed by atoms with Gasteiger partial charge in [-0.2, -0.15) is 11.8 Å². The van der Waals surface area contributed by atoms with Gasteiger partial charge in [0.1, 0.15) is 0 Å². The Morgan fingerprint density at radius 3 is 3.00 bits per heavy atom. The molecule has 5 heteroatoms. The van der Waals surface area contributed by atoms with Crippen LogP contribution in [0.4, 0.5) is 0 Å². The Labute approximate surface area is 118 Å². The van der Waals surface area contributed by atoms with Gasteiger partial charge in [0.05, 0.1) is 0 Å². The molecule has 1 aromatic carbocycles. The number of benzene rings is 1. The van der Waals surface area contributed by atoms with E-state index in [1.165, 1.54) is 23.5 Å². The van der Waals surface area contributed by atoms with Crippen LogP contribution in [0.2, 0.25) is 0 Å². The summed E-state index contributed by atoms with van der Waals surface area (Å²) in [6, 6.07) is 7.03. The summed E-state index contributed by atoms with van der Waals surface area (Å²) in [6.45, 7) is 0.943. The topological polar surface area (TPSA) is 47.7 Å². The van der Waals surface area contributed by atoms with Crippen LogP contribution in [0, 0.1) is 0 Å². The molecule has 4 nitrogen and oxygen atoms in total. The molecule has 2 atom stereocenters. The molecule has 0 saturated carbocycles.